The number of rotatable bonds is 9. The number of methoxy groups -OCH3 is 1. The number of hydrogen-bond acceptors (Lipinski definition) is 5. The van der Waals surface area contributed by atoms with E-state index in [4.69, 9.17) is 9.47 Å². The van der Waals surface area contributed by atoms with Gasteiger partial charge >= 0.3 is 0 Å². The third kappa shape index (κ3) is 4.84. The molecule has 2 aromatic rings. The number of carbonyl (C=O) groups excluding carboxylic acids is 2. The fourth-order valence-electron chi connectivity index (χ4n) is 3.88. The zero-order chi connectivity index (χ0) is 20.9. The van der Waals surface area contributed by atoms with E-state index in [9.17, 15) is 9.59 Å². The van der Waals surface area contributed by atoms with Crippen molar-refractivity contribution in [2.45, 2.75) is 25.3 Å². The van der Waals surface area contributed by atoms with Gasteiger partial charge in [0.05, 0.1) is 19.2 Å². The molecule has 1 aromatic carbocycles. The van der Waals surface area contributed by atoms with Crippen LogP contribution >= 0.6 is 11.3 Å². The predicted molar refractivity (Wildman–Crippen MR) is 116 cm³/mol. The summed E-state index contributed by atoms with van der Waals surface area (Å²) in [7, 11) is 1.61. The number of ether oxygens (including phenoxy) is 2. The molecule has 1 aliphatic heterocycles. The van der Waals surface area contributed by atoms with Crippen LogP contribution in [-0.2, 0) is 20.7 Å². The van der Waals surface area contributed by atoms with Gasteiger partial charge < -0.3 is 19.3 Å². The van der Waals surface area contributed by atoms with Gasteiger partial charge in [0.2, 0.25) is 11.8 Å². The van der Waals surface area contributed by atoms with Crippen molar-refractivity contribution < 1.29 is 19.1 Å². The summed E-state index contributed by atoms with van der Waals surface area (Å²) in [5.74, 6) is 0.916. The highest BCUT2D eigenvalue weighted by molar-refractivity contribution is 7.10. The van der Waals surface area contributed by atoms with Crippen molar-refractivity contribution >= 4 is 23.2 Å². The lowest BCUT2D eigenvalue weighted by atomic mass is 10.0. The molecule has 0 radical (unpaired) electrons. The maximum atomic E-state index is 13.3. The van der Waals surface area contributed by atoms with Crippen LogP contribution in [0.2, 0.25) is 0 Å². The van der Waals surface area contributed by atoms with Crippen LogP contribution in [0.4, 0.5) is 0 Å². The third-order valence-corrected chi connectivity index (χ3v) is 6.69. The minimum Gasteiger partial charge on any atom is -0.491 e. The number of fused-ring (bicyclic) bond motifs is 1. The van der Waals surface area contributed by atoms with Crippen LogP contribution in [-0.4, -0.2) is 61.6 Å². The van der Waals surface area contributed by atoms with E-state index in [-0.39, 0.29) is 30.3 Å². The molecular formula is C23H28N2O4S. The van der Waals surface area contributed by atoms with Gasteiger partial charge in [-0.3, -0.25) is 9.59 Å². The van der Waals surface area contributed by atoms with Gasteiger partial charge in [-0.05, 0) is 48.4 Å². The second-order valence-corrected chi connectivity index (χ2v) is 8.80. The molecule has 1 saturated carbocycles. The molecule has 160 valence electrons. The first-order valence-electron chi connectivity index (χ1n) is 10.5. The summed E-state index contributed by atoms with van der Waals surface area (Å²) in [6.07, 6.45) is 2.69. The summed E-state index contributed by atoms with van der Waals surface area (Å²) in [4.78, 5) is 30.8. The SMILES string of the molecule is COCCN(CC(=O)N1CCc2sccc2[C@@H]1COc1ccccc1)C(=O)C1CC1. The smallest absolute Gasteiger partial charge is 0.242 e. The highest BCUT2D eigenvalue weighted by atomic mass is 32.1. The molecule has 1 aromatic heterocycles. The summed E-state index contributed by atoms with van der Waals surface area (Å²) in [5.41, 5.74) is 1.16. The molecule has 1 fully saturated rings. The first kappa shape index (κ1) is 20.9. The number of thiophene rings is 1. The second kappa shape index (κ2) is 9.62. The zero-order valence-electron chi connectivity index (χ0n) is 17.3. The Labute approximate surface area is 181 Å². The Morgan fingerprint density at radius 3 is 2.73 bits per heavy atom. The fraction of sp³-hybridized carbons (Fsp3) is 0.478. The molecule has 0 unspecified atom stereocenters. The molecule has 0 bridgehead atoms. The second-order valence-electron chi connectivity index (χ2n) is 7.80. The average Bonchev–Trinajstić information content (AvgIpc) is 3.51. The maximum absolute atomic E-state index is 13.3. The highest BCUT2D eigenvalue weighted by Crippen LogP contribution is 2.34. The zero-order valence-corrected chi connectivity index (χ0v) is 18.1. The number of nitrogens with zero attached hydrogens (tertiary/aromatic N) is 2. The first-order chi connectivity index (χ1) is 14.7. The van der Waals surface area contributed by atoms with Crippen LogP contribution < -0.4 is 4.74 Å². The lowest BCUT2D eigenvalue weighted by Gasteiger charge is -2.37. The predicted octanol–water partition coefficient (Wildman–Crippen LogP) is 3.14. The molecule has 0 N–H and O–H groups in total. The molecule has 7 heteroatoms. The van der Waals surface area contributed by atoms with E-state index < -0.39 is 0 Å². The molecule has 30 heavy (non-hydrogen) atoms. The van der Waals surface area contributed by atoms with Crippen LogP contribution in [0.25, 0.3) is 0 Å². The number of amides is 2. The van der Waals surface area contributed by atoms with Gasteiger partial charge in [-0.1, -0.05) is 18.2 Å². The molecule has 1 atom stereocenters. The van der Waals surface area contributed by atoms with Crippen molar-refractivity contribution in [3.05, 3.63) is 52.2 Å². The van der Waals surface area contributed by atoms with E-state index in [0.29, 0.717) is 26.3 Å². The molecule has 4 rings (SSSR count). The molecule has 0 spiro atoms. The lowest BCUT2D eigenvalue weighted by Crippen LogP contribution is -2.48. The van der Waals surface area contributed by atoms with Crippen molar-refractivity contribution in [3.8, 4) is 5.75 Å². The number of carbonyl (C=O) groups is 2. The minimum absolute atomic E-state index is 0.0291. The standard InChI is InChI=1S/C23H28N2O4S/c1-28-13-12-24(23(27)17-7-8-17)15-22(26)25-11-9-21-19(10-14-30-21)20(25)16-29-18-5-3-2-4-6-18/h2-6,10,14,17,20H,7-9,11-13,15-16H2,1H3/t20-/m0/s1. The monoisotopic (exact) mass is 428 g/mol. The Hall–Kier alpha value is -2.38. The Bertz CT molecular complexity index is 865. The van der Waals surface area contributed by atoms with Crippen molar-refractivity contribution in [2.24, 2.45) is 5.92 Å². The third-order valence-electron chi connectivity index (χ3n) is 5.70. The van der Waals surface area contributed by atoms with E-state index in [1.54, 1.807) is 23.3 Å². The highest BCUT2D eigenvalue weighted by Gasteiger charge is 2.37. The minimum atomic E-state index is -0.145. The van der Waals surface area contributed by atoms with Crippen molar-refractivity contribution in [2.75, 3.05) is 40.0 Å². The van der Waals surface area contributed by atoms with Crippen LogP contribution in [0, 0.1) is 5.92 Å². The molecular weight excluding hydrogens is 400 g/mol. The van der Waals surface area contributed by atoms with Gasteiger partial charge in [0.25, 0.3) is 0 Å². The molecule has 2 heterocycles. The van der Waals surface area contributed by atoms with E-state index in [0.717, 1.165) is 30.6 Å². The Morgan fingerprint density at radius 1 is 1.20 bits per heavy atom. The van der Waals surface area contributed by atoms with Crippen LogP contribution in [0.15, 0.2) is 41.8 Å². The summed E-state index contributed by atoms with van der Waals surface area (Å²) >= 11 is 1.73. The average molecular weight is 429 g/mol. The molecule has 6 nitrogen and oxygen atoms in total. The van der Waals surface area contributed by atoms with E-state index in [2.05, 4.69) is 11.4 Å². The van der Waals surface area contributed by atoms with Crippen LogP contribution in [0.5, 0.6) is 5.75 Å². The van der Waals surface area contributed by atoms with Gasteiger partial charge in [-0.25, -0.2) is 0 Å². The van der Waals surface area contributed by atoms with Crippen LogP contribution in [0.1, 0.15) is 29.3 Å². The van der Waals surface area contributed by atoms with Crippen LogP contribution in [0.3, 0.4) is 0 Å². The number of para-hydroxylation sites is 1. The quantitative estimate of drug-likeness (QED) is 0.616. The van der Waals surface area contributed by atoms with Gasteiger partial charge in [0.1, 0.15) is 12.4 Å². The summed E-state index contributed by atoms with van der Waals surface area (Å²) in [6, 6.07) is 11.6. The summed E-state index contributed by atoms with van der Waals surface area (Å²) in [6.45, 7) is 2.01. The lowest BCUT2D eigenvalue weighted by molar-refractivity contribution is -0.143. The fourth-order valence-corrected chi connectivity index (χ4v) is 4.81. The largest absolute Gasteiger partial charge is 0.491 e. The molecule has 0 saturated heterocycles. The Balaban J connectivity index is 1.48. The van der Waals surface area contributed by atoms with Crippen molar-refractivity contribution in [1.29, 1.82) is 0 Å². The number of benzene rings is 1. The normalized spacial score (nSPS) is 18.0. The van der Waals surface area contributed by atoms with E-state index >= 15 is 0 Å². The maximum Gasteiger partial charge on any atom is 0.242 e. The number of hydrogen-bond donors (Lipinski definition) is 0. The van der Waals surface area contributed by atoms with Gasteiger partial charge in [0, 0.05) is 31.0 Å². The van der Waals surface area contributed by atoms with Crippen molar-refractivity contribution in [1.82, 2.24) is 9.80 Å². The van der Waals surface area contributed by atoms with Gasteiger partial charge in [-0.15, -0.1) is 11.3 Å². The molecule has 2 amide bonds. The molecule has 2 aliphatic rings. The topological polar surface area (TPSA) is 59.1 Å². The summed E-state index contributed by atoms with van der Waals surface area (Å²) in [5, 5.41) is 2.08. The van der Waals surface area contributed by atoms with Crippen molar-refractivity contribution in [3.63, 3.8) is 0 Å². The van der Waals surface area contributed by atoms with Gasteiger partial charge in [0.15, 0.2) is 0 Å². The van der Waals surface area contributed by atoms with Gasteiger partial charge in [-0.2, -0.15) is 0 Å². The Morgan fingerprint density at radius 2 is 2.00 bits per heavy atom. The Kier molecular flexibility index (Phi) is 6.69. The summed E-state index contributed by atoms with van der Waals surface area (Å²) < 4.78 is 11.2. The van der Waals surface area contributed by atoms with E-state index in [1.807, 2.05) is 35.2 Å². The van der Waals surface area contributed by atoms with E-state index in [1.165, 1.54) is 4.88 Å². The molecule has 1 aliphatic carbocycles. The first-order valence-corrected chi connectivity index (χ1v) is 11.4.